The number of thiophene rings is 2. The Morgan fingerprint density at radius 1 is 1.00 bits per heavy atom. The van der Waals surface area contributed by atoms with Crippen LogP contribution in [0.3, 0.4) is 0 Å². The normalized spacial score (nSPS) is 22.5. The van der Waals surface area contributed by atoms with Crippen molar-refractivity contribution in [3.05, 3.63) is 44.8 Å². The Bertz CT molecular complexity index is 931. The molecule has 3 aliphatic rings. The van der Waals surface area contributed by atoms with Gasteiger partial charge in [0.1, 0.15) is 0 Å². The van der Waals surface area contributed by atoms with Gasteiger partial charge in [-0.25, -0.2) is 5.01 Å². The van der Waals surface area contributed by atoms with Crippen molar-refractivity contribution in [2.75, 3.05) is 39.3 Å². The van der Waals surface area contributed by atoms with Gasteiger partial charge in [0.05, 0.1) is 29.7 Å². The lowest BCUT2D eigenvalue weighted by molar-refractivity contribution is -0.135. The molecule has 0 unspecified atom stereocenters. The minimum absolute atomic E-state index is 0.0167. The molecule has 4 heterocycles. The average Bonchev–Trinajstić information content (AvgIpc) is 3.23. The quantitative estimate of drug-likeness (QED) is 0.693. The van der Waals surface area contributed by atoms with Crippen LogP contribution in [0.25, 0.3) is 0 Å². The van der Waals surface area contributed by atoms with E-state index in [-0.39, 0.29) is 17.9 Å². The van der Waals surface area contributed by atoms with E-state index in [1.54, 1.807) is 27.7 Å². The summed E-state index contributed by atoms with van der Waals surface area (Å²) in [4.78, 5) is 31.9. The van der Waals surface area contributed by atoms with Gasteiger partial charge < -0.3 is 5.32 Å². The summed E-state index contributed by atoms with van der Waals surface area (Å²) in [6, 6.07) is 8.61. The van der Waals surface area contributed by atoms with Gasteiger partial charge in [0.15, 0.2) is 0 Å². The highest BCUT2D eigenvalue weighted by Gasteiger charge is 2.35. The third-order valence-corrected chi connectivity index (χ3v) is 7.87. The van der Waals surface area contributed by atoms with Crippen molar-refractivity contribution in [1.29, 1.82) is 0 Å². The summed E-state index contributed by atoms with van der Waals surface area (Å²) in [5.41, 5.74) is 0.994. The number of hydrazone groups is 1. The van der Waals surface area contributed by atoms with E-state index in [1.165, 1.54) is 4.88 Å². The summed E-state index contributed by atoms with van der Waals surface area (Å²) in [6.07, 6.45) is 2.99. The van der Waals surface area contributed by atoms with Crippen molar-refractivity contribution < 1.29 is 9.59 Å². The SMILES string of the molecule is O=C(CN1CCN(CC(=O)N2N=C(c3cccs3)C[C@H]2c2cccs2)CC1)NC1CC1. The van der Waals surface area contributed by atoms with Crippen LogP contribution in [0.1, 0.15) is 35.1 Å². The van der Waals surface area contributed by atoms with Crippen LogP contribution in [-0.4, -0.2) is 77.6 Å². The van der Waals surface area contributed by atoms with E-state index in [0.29, 0.717) is 19.1 Å². The molecule has 0 spiro atoms. The van der Waals surface area contributed by atoms with Crippen molar-refractivity contribution in [2.24, 2.45) is 5.10 Å². The molecule has 0 radical (unpaired) electrons. The zero-order valence-electron chi connectivity index (χ0n) is 17.4. The van der Waals surface area contributed by atoms with Crippen molar-refractivity contribution in [1.82, 2.24) is 20.1 Å². The molecule has 2 fully saturated rings. The number of hydrogen-bond acceptors (Lipinski definition) is 7. The number of hydrogen-bond donors (Lipinski definition) is 1. The maximum absolute atomic E-state index is 13.2. The first-order chi connectivity index (χ1) is 15.2. The van der Waals surface area contributed by atoms with Crippen LogP contribution < -0.4 is 5.32 Å². The molecule has 2 aromatic heterocycles. The summed E-state index contributed by atoms with van der Waals surface area (Å²) in [6.45, 7) is 4.03. The molecule has 1 N–H and O–H groups in total. The van der Waals surface area contributed by atoms with Crippen LogP contribution in [0.4, 0.5) is 0 Å². The standard InChI is InChI=1S/C22H27N5O2S2/c28-21(23-16-5-6-16)14-25-7-9-26(10-8-25)15-22(29)27-18(20-4-2-12-31-20)13-17(24-27)19-3-1-11-30-19/h1-4,11-12,16,18H,5-10,13-15H2,(H,23,28)/t18-/m0/s1. The van der Waals surface area contributed by atoms with Crippen molar-refractivity contribution in [2.45, 2.75) is 31.3 Å². The maximum Gasteiger partial charge on any atom is 0.257 e. The molecule has 2 amide bonds. The predicted molar refractivity (Wildman–Crippen MR) is 123 cm³/mol. The highest BCUT2D eigenvalue weighted by Crippen LogP contribution is 2.36. The van der Waals surface area contributed by atoms with E-state index in [4.69, 9.17) is 5.10 Å². The Labute approximate surface area is 190 Å². The number of piperazine rings is 1. The molecule has 31 heavy (non-hydrogen) atoms. The monoisotopic (exact) mass is 457 g/mol. The van der Waals surface area contributed by atoms with Crippen molar-refractivity contribution in [3.8, 4) is 0 Å². The molecule has 1 atom stereocenters. The van der Waals surface area contributed by atoms with E-state index in [1.807, 2.05) is 17.5 Å². The number of rotatable bonds is 7. The van der Waals surface area contributed by atoms with Crippen LogP contribution in [0, 0.1) is 0 Å². The van der Waals surface area contributed by atoms with Gasteiger partial charge >= 0.3 is 0 Å². The minimum atomic E-state index is -0.0167. The highest BCUT2D eigenvalue weighted by molar-refractivity contribution is 7.12. The lowest BCUT2D eigenvalue weighted by Crippen LogP contribution is -2.51. The van der Waals surface area contributed by atoms with E-state index >= 15 is 0 Å². The van der Waals surface area contributed by atoms with Crippen LogP contribution in [0.2, 0.25) is 0 Å². The Morgan fingerprint density at radius 2 is 1.71 bits per heavy atom. The molecule has 7 nitrogen and oxygen atoms in total. The molecule has 164 valence electrons. The van der Waals surface area contributed by atoms with Gasteiger partial charge in [-0.05, 0) is 35.7 Å². The third kappa shape index (κ3) is 5.06. The molecule has 0 aromatic carbocycles. The van der Waals surface area contributed by atoms with Gasteiger partial charge in [0.25, 0.3) is 5.91 Å². The summed E-state index contributed by atoms with van der Waals surface area (Å²) in [7, 11) is 0. The Hall–Kier alpha value is -2.07. The van der Waals surface area contributed by atoms with Crippen LogP contribution in [0.5, 0.6) is 0 Å². The second-order valence-corrected chi connectivity index (χ2v) is 10.3. The second kappa shape index (κ2) is 9.20. The molecule has 9 heteroatoms. The minimum Gasteiger partial charge on any atom is -0.352 e. The van der Waals surface area contributed by atoms with E-state index in [2.05, 4.69) is 32.6 Å². The van der Waals surface area contributed by atoms with Crippen LogP contribution in [-0.2, 0) is 9.59 Å². The van der Waals surface area contributed by atoms with Gasteiger partial charge in [0.2, 0.25) is 5.91 Å². The third-order valence-electron chi connectivity index (χ3n) is 5.98. The zero-order chi connectivity index (χ0) is 21.2. The van der Waals surface area contributed by atoms with E-state index in [9.17, 15) is 9.59 Å². The lowest BCUT2D eigenvalue weighted by atomic mass is 10.1. The van der Waals surface area contributed by atoms with Gasteiger partial charge in [-0.3, -0.25) is 19.4 Å². The number of carbonyl (C=O) groups excluding carboxylic acids is 2. The molecule has 2 aliphatic heterocycles. The second-order valence-electron chi connectivity index (χ2n) is 8.39. The average molecular weight is 458 g/mol. The molecule has 1 saturated heterocycles. The lowest BCUT2D eigenvalue weighted by Gasteiger charge is -2.34. The molecular weight excluding hydrogens is 430 g/mol. The van der Waals surface area contributed by atoms with Gasteiger partial charge in [-0.15, -0.1) is 22.7 Å². The Morgan fingerprint density at radius 3 is 2.35 bits per heavy atom. The van der Waals surface area contributed by atoms with Crippen LogP contribution >= 0.6 is 22.7 Å². The number of amides is 2. The molecule has 1 saturated carbocycles. The van der Waals surface area contributed by atoms with E-state index < -0.39 is 0 Å². The highest BCUT2D eigenvalue weighted by atomic mass is 32.1. The summed E-state index contributed by atoms with van der Waals surface area (Å²) in [5.74, 6) is 0.170. The zero-order valence-corrected chi connectivity index (χ0v) is 19.0. The number of nitrogens with one attached hydrogen (secondary N) is 1. The number of nitrogens with zero attached hydrogens (tertiary/aromatic N) is 4. The fourth-order valence-electron chi connectivity index (χ4n) is 4.11. The van der Waals surface area contributed by atoms with E-state index in [0.717, 1.165) is 56.0 Å². The summed E-state index contributed by atoms with van der Waals surface area (Å²) < 4.78 is 0. The Balaban J connectivity index is 1.18. The Kier molecular flexibility index (Phi) is 6.17. The molecule has 5 rings (SSSR count). The number of carbonyl (C=O) groups is 2. The fraction of sp³-hybridized carbons (Fsp3) is 0.500. The maximum atomic E-state index is 13.2. The summed E-state index contributed by atoms with van der Waals surface area (Å²) >= 11 is 3.35. The first-order valence-electron chi connectivity index (χ1n) is 10.9. The molecular formula is C22H27N5O2S2. The van der Waals surface area contributed by atoms with Gasteiger partial charge in [-0.1, -0.05) is 12.1 Å². The topological polar surface area (TPSA) is 68.2 Å². The van der Waals surface area contributed by atoms with Gasteiger partial charge in [0, 0.05) is 43.5 Å². The molecule has 0 bridgehead atoms. The first kappa shape index (κ1) is 20.8. The molecule has 1 aliphatic carbocycles. The smallest absolute Gasteiger partial charge is 0.257 e. The first-order valence-corrected chi connectivity index (χ1v) is 12.6. The predicted octanol–water partition coefficient (Wildman–Crippen LogP) is 2.38. The largest absolute Gasteiger partial charge is 0.352 e. The van der Waals surface area contributed by atoms with Crippen molar-refractivity contribution in [3.63, 3.8) is 0 Å². The summed E-state index contributed by atoms with van der Waals surface area (Å²) in [5, 5.41) is 13.6. The van der Waals surface area contributed by atoms with Crippen LogP contribution in [0.15, 0.2) is 40.1 Å². The van der Waals surface area contributed by atoms with Gasteiger partial charge in [-0.2, -0.15) is 5.10 Å². The van der Waals surface area contributed by atoms with Crippen molar-refractivity contribution >= 4 is 40.2 Å². The molecule has 2 aromatic rings. The fourth-order valence-corrected chi connectivity index (χ4v) is 5.64.